The summed E-state index contributed by atoms with van der Waals surface area (Å²) < 4.78 is 1.07. The molecule has 1 amide bonds. The standard InChI is InChI=1S/C15H19BrN2O/c16-12-4-1-3-11(9-12)10-18-8-2-5-14(15(18)19)17-13-6-7-13/h1,3-4,9,13-14,17H,2,5-8,10H2. The number of piperidine rings is 1. The lowest BCUT2D eigenvalue weighted by molar-refractivity contribution is -0.136. The number of hydrogen-bond donors (Lipinski definition) is 1. The molecule has 0 radical (unpaired) electrons. The summed E-state index contributed by atoms with van der Waals surface area (Å²) >= 11 is 3.48. The van der Waals surface area contributed by atoms with E-state index < -0.39 is 0 Å². The zero-order valence-electron chi connectivity index (χ0n) is 10.9. The Balaban J connectivity index is 1.64. The highest BCUT2D eigenvalue weighted by molar-refractivity contribution is 9.10. The largest absolute Gasteiger partial charge is 0.337 e. The summed E-state index contributed by atoms with van der Waals surface area (Å²) in [5.74, 6) is 0.276. The van der Waals surface area contributed by atoms with Gasteiger partial charge in [0.05, 0.1) is 6.04 Å². The molecule has 102 valence electrons. The molecule has 1 unspecified atom stereocenters. The molecule has 1 N–H and O–H groups in total. The highest BCUT2D eigenvalue weighted by Gasteiger charge is 2.33. The molecule has 3 nitrogen and oxygen atoms in total. The molecule has 1 heterocycles. The lowest BCUT2D eigenvalue weighted by Crippen LogP contribution is -2.50. The van der Waals surface area contributed by atoms with Crippen LogP contribution in [0.1, 0.15) is 31.2 Å². The fourth-order valence-corrected chi connectivity index (χ4v) is 3.09. The van der Waals surface area contributed by atoms with Gasteiger partial charge in [0.2, 0.25) is 5.91 Å². The summed E-state index contributed by atoms with van der Waals surface area (Å²) in [4.78, 5) is 14.4. The Labute approximate surface area is 122 Å². The first kappa shape index (κ1) is 13.1. The van der Waals surface area contributed by atoms with E-state index in [2.05, 4.69) is 33.4 Å². The van der Waals surface area contributed by atoms with Gasteiger partial charge in [0, 0.05) is 23.6 Å². The maximum absolute atomic E-state index is 12.4. The third-order valence-electron chi connectivity index (χ3n) is 3.81. The lowest BCUT2D eigenvalue weighted by atomic mass is 10.0. The molecular formula is C15H19BrN2O. The van der Waals surface area contributed by atoms with Crippen LogP contribution in [0.15, 0.2) is 28.7 Å². The van der Waals surface area contributed by atoms with Gasteiger partial charge in [-0.2, -0.15) is 0 Å². The molecular weight excluding hydrogens is 304 g/mol. The number of nitrogens with one attached hydrogen (secondary N) is 1. The van der Waals surface area contributed by atoms with Gasteiger partial charge in [-0.15, -0.1) is 0 Å². The number of rotatable bonds is 4. The molecule has 1 aliphatic heterocycles. The Bertz CT molecular complexity index is 473. The van der Waals surface area contributed by atoms with Crippen LogP contribution in [0.25, 0.3) is 0 Å². The van der Waals surface area contributed by atoms with E-state index in [4.69, 9.17) is 0 Å². The second-order valence-corrected chi connectivity index (χ2v) is 6.44. The van der Waals surface area contributed by atoms with Crippen LogP contribution in [0.4, 0.5) is 0 Å². The Hall–Kier alpha value is -0.870. The Morgan fingerprint density at radius 2 is 2.16 bits per heavy atom. The van der Waals surface area contributed by atoms with Gasteiger partial charge in [-0.1, -0.05) is 28.1 Å². The SMILES string of the molecule is O=C1C(NC2CC2)CCCN1Cc1cccc(Br)c1. The van der Waals surface area contributed by atoms with E-state index in [1.165, 1.54) is 18.4 Å². The fraction of sp³-hybridized carbons (Fsp3) is 0.533. The molecule has 0 aromatic heterocycles. The number of carbonyl (C=O) groups is 1. The van der Waals surface area contributed by atoms with Crippen molar-refractivity contribution in [1.29, 1.82) is 0 Å². The summed E-state index contributed by atoms with van der Waals surface area (Å²) in [6.45, 7) is 1.61. The van der Waals surface area contributed by atoms with Gasteiger partial charge in [0.15, 0.2) is 0 Å². The second-order valence-electron chi connectivity index (χ2n) is 5.53. The summed E-state index contributed by atoms with van der Waals surface area (Å²) in [5.41, 5.74) is 1.19. The predicted molar refractivity (Wildman–Crippen MR) is 78.7 cm³/mol. The van der Waals surface area contributed by atoms with E-state index in [0.717, 1.165) is 30.4 Å². The maximum atomic E-state index is 12.4. The smallest absolute Gasteiger partial charge is 0.240 e. The minimum Gasteiger partial charge on any atom is -0.337 e. The molecule has 1 saturated carbocycles. The van der Waals surface area contributed by atoms with Crippen LogP contribution in [0.3, 0.4) is 0 Å². The lowest BCUT2D eigenvalue weighted by Gasteiger charge is -2.33. The normalized spacial score (nSPS) is 23.7. The molecule has 0 bridgehead atoms. The molecule has 2 aliphatic rings. The maximum Gasteiger partial charge on any atom is 0.240 e. The quantitative estimate of drug-likeness (QED) is 0.924. The number of amides is 1. The molecule has 2 fully saturated rings. The molecule has 1 aromatic rings. The van der Waals surface area contributed by atoms with Crippen molar-refractivity contribution in [2.45, 2.75) is 44.3 Å². The third-order valence-corrected chi connectivity index (χ3v) is 4.30. The Kier molecular flexibility index (Phi) is 3.89. The van der Waals surface area contributed by atoms with E-state index in [-0.39, 0.29) is 11.9 Å². The third kappa shape index (κ3) is 3.37. The Morgan fingerprint density at radius 1 is 1.32 bits per heavy atom. The molecule has 1 aliphatic carbocycles. The summed E-state index contributed by atoms with van der Waals surface area (Å²) in [5, 5.41) is 3.47. The van der Waals surface area contributed by atoms with Crippen molar-refractivity contribution in [2.75, 3.05) is 6.54 Å². The fourth-order valence-electron chi connectivity index (χ4n) is 2.64. The van der Waals surface area contributed by atoms with Gasteiger partial charge in [0.1, 0.15) is 0 Å². The molecule has 3 rings (SSSR count). The summed E-state index contributed by atoms with van der Waals surface area (Å²) in [6, 6.07) is 8.85. The van der Waals surface area contributed by atoms with Gasteiger partial charge in [-0.25, -0.2) is 0 Å². The minimum atomic E-state index is 0.0494. The van der Waals surface area contributed by atoms with Gasteiger partial charge in [-0.3, -0.25) is 4.79 Å². The molecule has 19 heavy (non-hydrogen) atoms. The van der Waals surface area contributed by atoms with Gasteiger partial charge in [0.25, 0.3) is 0 Å². The number of benzene rings is 1. The zero-order chi connectivity index (χ0) is 13.2. The van der Waals surface area contributed by atoms with Gasteiger partial charge >= 0.3 is 0 Å². The van der Waals surface area contributed by atoms with Crippen molar-refractivity contribution >= 4 is 21.8 Å². The van der Waals surface area contributed by atoms with Crippen molar-refractivity contribution in [3.05, 3.63) is 34.3 Å². The van der Waals surface area contributed by atoms with Crippen LogP contribution in [0.2, 0.25) is 0 Å². The molecule has 0 spiro atoms. The number of likely N-dealkylation sites (tertiary alicyclic amines) is 1. The first-order valence-electron chi connectivity index (χ1n) is 7.01. The zero-order valence-corrected chi connectivity index (χ0v) is 12.5. The van der Waals surface area contributed by atoms with Gasteiger partial charge < -0.3 is 10.2 Å². The highest BCUT2D eigenvalue weighted by Crippen LogP contribution is 2.23. The van der Waals surface area contributed by atoms with E-state index >= 15 is 0 Å². The average molecular weight is 323 g/mol. The van der Waals surface area contributed by atoms with E-state index in [1.807, 2.05) is 17.0 Å². The van der Waals surface area contributed by atoms with E-state index in [0.29, 0.717) is 6.04 Å². The highest BCUT2D eigenvalue weighted by atomic mass is 79.9. The van der Waals surface area contributed by atoms with Crippen molar-refractivity contribution in [3.8, 4) is 0 Å². The summed E-state index contributed by atoms with van der Waals surface area (Å²) in [6.07, 6.45) is 4.55. The van der Waals surface area contributed by atoms with Crippen molar-refractivity contribution in [2.24, 2.45) is 0 Å². The molecule has 1 aromatic carbocycles. The van der Waals surface area contributed by atoms with Crippen LogP contribution in [0.5, 0.6) is 0 Å². The average Bonchev–Trinajstić information content (AvgIpc) is 3.18. The number of nitrogens with zero attached hydrogens (tertiary/aromatic N) is 1. The van der Waals surface area contributed by atoms with E-state index in [1.54, 1.807) is 0 Å². The minimum absolute atomic E-state index is 0.0494. The molecule has 4 heteroatoms. The topological polar surface area (TPSA) is 32.3 Å². The van der Waals surface area contributed by atoms with Crippen LogP contribution < -0.4 is 5.32 Å². The van der Waals surface area contributed by atoms with Crippen LogP contribution in [-0.4, -0.2) is 29.4 Å². The number of carbonyl (C=O) groups excluding carboxylic acids is 1. The predicted octanol–water partition coefficient (Wildman–Crippen LogP) is 2.69. The second kappa shape index (κ2) is 5.63. The van der Waals surface area contributed by atoms with Crippen LogP contribution in [0, 0.1) is 0 Å². The Morgan fingerprint density at radius 3 is 2.89 bits per heavy atom. The molecule has 1 atom stereocenters. The monoisotopic (exact) mass is 322 g/mol. The van der Waals surface area contributed by atoms with Crippen LogP contribution >= 0.6 is 15.9 Å². The molecule has 1 saturated heterocycles. The summed E-state index contributed by atoms with van der Waals surface area (Å²) in [7, 11) is 0. The van der Waals surface area contributed by atoms with Crippen molar-refractivity contribution in [3.63, 3.8) is 0 Å². The number of hydrogen-bond acceptors (Lipinski definition) is 2. The first-order chi connectivity index (χ1) is 9.22. The first-order valence-corrected chi connectivity index (χ1v) is 7.81. The van der Waals surface area contributed by atoms with E-state index in [9.17, 15) is 4.79 Å². The van der Waals surface area contributed by atoms with Crippen molar-refractivity contribution in [1.82, 2.24) is 10.2 Å². The number of halogens is 1. The van der Waals surface area contributed by atoms with Gasteiger partial charge in [-0.05, 0) is 43.4 Å². The van der Waals surface area contributed by atoms with Crippen LogP contribution in [-0.2, 0) is 11.3 Å². The van der Waals surface area contributed by atoms with Crippen molar-refractivity contribution < 1.29 is 4.79 Å².